The van der Waals surface area contributed by atoms with E-state index in [1.54, 1.807) is 6.08 Å². The van der Waals surface area contributed by atoms with E-state index in [-0.39, 0.29) is 19.1 Å². The Balaban J connectivity index is 4.08. The molecule has 0 radical (unpaired) electrons. The number of likely N-dealkylation sites (N-methyl/N-ethyl adjacent to an activating group) is 1. The van der Waals surface area contributed by atoms with Crippen LogP contribution in [0.1, 0.15) is 271 Å². The highest BCUT2D eigenvalue weighted by Crippen LogP contribution is 2.43. The summed E-state index contributed by atoms with van der Waals surface area (Å²) in [7, 11) is 1.54. The maximum absolute atomic E-state index is 13.0. The second-order valence-electron chi connectivity index (χ2n) is 23.1. The predicted octanol–water partition coefficient (Wildman–Crippen LogP) is 20.9. The molecular weight excluding hydrogens is 1010 g/mol. The molecule has 0 fully saturated rings. The van der Waals surface area contributed by atoms with E-state index in [2.05, 4.69) is 129 Å². The molecule has 1 amide bonds. The number of aliphatic hydroxyl groups excluding tert-OH is 1. The fourth-order valence-corrected chi connectivity index (χ4v) is 9.79. The Morgan fingerprint density at radius 2 is 0.762 bits per heavy atom. The Bertz CT molecular complexity index is 1720. The van der Waals surface area contributed by atoms with Crippen LogP contribution in [0.25, 0.3) is 0 Å². The van der Waals surface area contributed by atoms with E-state index in [0.717, 1.165) is 89.9 Å². The van der Waals surface area contributed by atoms with Gasteiger partial charge < -0.3 is 19.8 Å². The van der Waals surface area contributed by atoms with Gasteiger partial charge >= 0.3 is 7.82 Å². The number of quaternary nitrogens is 1. The van der Waals surface area contributed by atoms with E-state index in [1.807, 2.05) is 27.2 Å². The third-order valence-electron chi connectivity index (χ3n) is 14.1. The van der Waals surface area contributed by atoms with Crippen molar-refractivity contribution in [1.82, 2.24) is 5.32 Å². The lowest BCUT2D eigenvalue weighted by molar-refractivity contribution is -0.870. The van der Waals surface area contributed by atoms with Crippen molar-refractivity contribution in [2.24, 2.45) is 0 Å². The Labute approximate surface area is 494 Å². The zero-order valence-electron chi connectivity index (χ0n) is 52.5. The molecule has 3 atom stereocenters. The third kappa shape index (κ3) is 62.5. The van der Waals surface area contributed by atoms with E-state index in [4.69, 9.17) is 9.05 Å². The first-order chi connectivity index (χ1) is 39.0. The molecule has 0 saturated carbocycles. The van der Waals surface area contributed by atoms with Gasteiger partial charge in [0.05, 0.1) is 39.9 Å². The van der Waals surface area contributed by atoms with Gasteiger partial charge in [-0.05, 0) is 103 Å². The summed E-state index contributed by atoms with van der Waals surface area (Å²) in [5.41, 5.74) is 0. The highest BCUT2D eigenvalue weighted by atomic mass is 31.2. The number of nitrogens with one attached hydrogen (secondary N) is 1. The zero-order valence-corrected chi connectivity index (χ0v) is 53.4. The first-order valence-electron chi connectivity index (χ1n) is 32.9. The van der Waals surface area contributed by atoms with Crippen LogP contribution in [0.5, 0.6) is 0 Å². The second kappa shape index (κ2) is 60.5. The molecule has 80 heavy (non-hydrogen) atoms. The van der Waals surface area contributed by atoms with Crippen molar-refractivity contribution in [2.75, 3.05) is 40.9 Å². The maximum atomic E-state index is 13.0. The van der Waals surface area contributed by atoms with Crippen molar-refractivity contribution in [3.63, 3.8) is 0 Å². The lowest BCUT2D eigenvalue weighted by atomic mass is 10.0. The number of phosphoric acid groups is 1. The van der Waals surface area contributed by atoms with Crippen molar-refractivity contribution in [3.8, 4) is 0 Å². The van der Waals surface area contributed by atoms with Crippen LogP contribution in [0.3, 0.4) is 0 Å². The van der Waals surface area contributed by atoms with E-state index in [0.29, 0.717) is 17.4 Å². The van der Waals surface area contributed by atoms with Crippen LogP contribution in [0, 0.1) is 0 Å². The van der Waals surface area contributed by atoms with Crippen LogP contribution in [0.4, 0.5) is 0 Å². The second-order valence-corrected chi connectivity index (χ2v) is 24.5. The summed E-state index contributed by atoms with van der Waals surface area (Å²) >= 11 is 0. The van der Waals surface area contributed by atoms with Crippen LogP contribution < -0.4 is 5.32 Å². The SMILES string of the molecule is CC/C=C\C/C=C\C/C=C\C/C=C\C/C=C\C/C=C\C/C=C\CCCCCCCCCCCCCCCCCCCC(=O)NC(COP(=O)(O)OCC[N+](C)(C)C)C(O)/C=C/CC/C=C/CC/C=C/CCCCCCCCCCC. The molecule has 0 saturated heterocycles. The lowest BCUT2D eigenvalue weighted by Crippen LogP contribution is -2.45. The first-order valence-corrected chi connectivity index (χ1v) is 34.4. The third-order valence-corrected chi connectivity index (χ3v) is 15.1. The number of allylic oxidation sites excluding steroid dienone is 19. The monoisotopic (exact) mass is 1130 g/mol. The molecule has 0 spiro atoms. The van der Waals surface area contributed by atoms with Crippen LogP contribution in [0.2, 0.25) is 0 Å². The largest absolute Gasteiger partial charge is 0.472 e. The number of amides is 1. The van der Waals surface area contributed by atoms with Gasteiger partial charge in [0, 0.05) is 6.42 Å². The minimum atomic E-state index is -4.37. The summed E-state index contributed by atoms with van der Waals surface area (Å²) < 4.78 is 23.7. The Morgan fingerprint density at radius 1 is 0.438 bits per heavy atom. The van der Waals surface area contributed by atoms with Gasteiger partial charge in [0.25, 0.3) is 0 Å². The van der Waals surface area contributed by atoms with Crippen molar-refractivity contribution in [2.45, 2.75) is 283 Å². The number of rotatable bonds is 59. The number of nitrogens with zero attached hydrogens (tertiary/aromatic N) is 1. The molecule has 0 aromatic rings. The molecule has 3 N–H and O–H groups in total. The number of carbonyl (C=O) groups excluding carboxylic acids is 1. The molecule has 9 heteroatoms. The normalized spacial score (nSPS) is 14.5. The number of unbranched alkanes of at least 4 members (excludes halogenated alkanes) is 28. The van der Waals surface area contributed by atoms with Gasteiger partial charge in [0.2, 0.25) is 5.91 Å². The Kier molecular flexibility index (Phi) is 58.1. The van der Waals surface area contributed by atoms with Gasteiger partial charge in [-0.2, -0.15) is 0 Å². The summed E-state index contributed by atoms with van der Waals surface area (Å²) in [6.07, 6.45) is 90.5. The van der Waals surface area contributed by atoms with Gasteiger partial charge in [0.1, 0.15) is 13.2 Å². The van der Waals surface area contributed by atoms with Crippen LogP contribution in [0.15, 0.2) is 122 Å². The lowest BCUT2D eigenvalue weighted by Gasteiger charge is -2.25. The van der Waals surface area contributed by atoms with Crippen molar-refractivity contribution in [1.29, 1.82) is 0 Å². The summed E-state index contributed by atoms with van der Waals surface area (Å²) in [5, 5.41) is 13.9. The Hall–Kier alpha value is -3.10. The fourth-order valence-electron chi connectivity index (χ4n) is 9.06. The van der Waals surface area contributed by atoms with Crippen molar-refractivity contribution in [3.05, 3.63) is 122 Å². The molecule has 8 nitrogen and oxygen atoms in total. The molecule has 0 rings (SSSR count). The van der Waals surface area contributed by atoms with Crippen LogP contribution in [-0.4, -0.2) is 73.4 Å². The van der Waals surface area contributed by atoms with Crippen LogP contribution in [-0.2, 0) is 18.4 Å². The summed E-state index contributed by atoms with van der Waals surface area (Å²) in [6, 6.07) is -0.876. The number of aliphatic hydroxyl groups is 1. The van der Waals surface area contributed by atoms with E-state index in [1.165, 1.54) is 161 Å². The predicted molar refractivity (Wildman–Crippen MR) is 350 cm³/mol. The van der Waals surface area contributed by atoms with E-state index in [9.17, 15) is 19.4 Å². The van der Waals surface area contributed by atoms with E-state index < -0.39 is 20.0 Å². The minimum absolute atomic E-state index is 0.0499. The number of hydrogen-bond acceptors (Lipinski definition) is 5. The first kappa shape index (κ1) is 76.9. The Morgan fingerprint density at radius 3 is 1.15 bits per heavy atom. The molecule has 0 aliphatic rings. The zero-order chi connectivity index (χ0) is 58.4. The van der Waals surface area contributed by atoms with Gasteiger partial charge in [-0.15, -0.1) is 0 Å². The van der Waals surface area contributed by atoms with Crippen molar-refractivity contribution < 1.29 is 32.9 Å². The fraction of sp³-hybridized carbons (Fsp3) is 0.704. The topological polar surface area (TPSA) is 105 Å². The van der Waals surface area contributed by atoms with Crippen molar-refractivity contribution >= 4 is 13.7 Å². The summed E-state index contributed by atoms with van der Waals surface area (Å²) in [4.78, 5) is 23.4. The quantitative estimate of drug-likeness (QED) is 0.0243. The van der Waals surface area contributed by atoms with Gasteiger partial charge in [-0.25, -0.2) is 4.57 Å². The molecule has 0 bridgehead atoms. The molecule has 0 aromatic heterocycles. The summed E-state index contributed by atoms with van der Waals surface area (Å²) in [5.74, 6) is -0.192. The highest BCUT2D eigenvalue weighted by Gasteiger charge is 2.27. The average molecular weight is 1130 g/mol. The maximum Gasteiger partial charge on any atom is 0.472 e. The van der Waals surface area contributed by atoms with E-state index >= 15 is 0 Å². The minimum Gasteiger partial charge on any atom is -0.387 e. The number of carbonyl (C=O) groups is 1. The van der Waals surface area contributed by atoms with Crippen LogP contribution >= 0.6 is 7.82 Å². The van der Waals surface area contributed by atoms with Gasteiger partial charge in [-0.1, -0.05) is 283 Å². The molecule has 460 valence electrons. The summed E-state index contributed by atoms with van der Waals surface area (Å²) in [6.45, 7) is 4.68. The molecular formula is C71H126N2O6P+. The molecule has 0 aliphatic heterocycles. The molecule has 0 aliphatic carbocycles. The molecule has 0 aromatic carbocycles. The van der Waals surface area contributed by atoms with Gasteiger partial charge in [-0.3, -0.25) is 13.8 Å². The average Bonchev–Trinajstić information content (AvgIpc) is 3.42. The molecule has 0 heterocycles. The highest BCUT2D eigenvalue weighted by molar-refractivity contribution is 7.47. The van der Waals surface area contributed by atoms with Gasteiger partial charge in [0.15, 0.2) is 0 Å². The number of phosphoric ester groups is 1. The molecule has 3 unspecified atom stereocenters. The number of hydrogen-bond donors (Lipinski definition) is 3. The smallest absolute Gasteiger partial charge is 0.387 e. The standard InChI is InChI=1S/C71H125N2O6P/c1-6-8-10-12-14-16-18-20-22-24-26-27-28-29-30-31-32-33-34-35-36-37-38-39-40-41-42-43-44-45-47-49-51-53-55-57-59-61-63-65-71(75)72-69(68-79-80(76,77)78-67-66-73(3,4)5)70(74)64-62-60-58-56-54-52-50-48-46-25-23-21-19-17-15-13-11-9-7-2/h8,10,14,16,20,22,26-27,29-30,32-33,35-36,46,48,54,56,62,64,69-70,74H,6-7,9,11-13,15,17-19,21,23-25,28,31,34,37-45,47,49-53,55,57-61,63,65-68H2,1-5H3,(H-,72,75,76,77)/p+1/b10-8-,16-14-,22-20-,27-26-,30-29-,33-32-,36-35-,48-46+,56-54+,64-62+.